The summed E-state index contributed by atoms with van der Waals surface area (Å²) in [6.07, 6.45) is 5.26. The molecule has 0 unspecified atom stereocenters. The van der Waals surface area contributed by atoms with Gasteiger partial charge in [0.25, 0.3) is 0 Å². The van der Waals surface area contributed by atoms with Gasteiger partial charge in [0.05, 0.1) is 0 Å². The molecule has 1 rings (SSSR count). The minimum absolute atomic E-state index is 1.05. The lowest BCUT2D eigenvalue weighted by atomic mass is 10.2. The third-order valence-electron chi connectivity index (χ3n) is 1.71. The lowest BCUT2D eigenvalue weighted by molar-refractivity contribution is -0.671. The van der Waals surface area contributed by atoms with Crippen LogP contribution in [0.3, 0.4) is 0 Å². The predicted octanol–water partition coefficient (Wildman–Crippen LogP) is 0.273. The van der Waals surface area contributed by atoms with Crippen molar-refractivity contribution in [3.63, 3.8) is 0 Å². The fraction of sp³-hybridized carbons (Fsp3) is 0.444. The molecule has 0 bridgehead atoms. The molecule has 0 aliphatic carbocycles. The highest BCUT2D eigenvalue weighted by Gasteiger charge is 1.93. The van der Waals surface area contributed by atoms with E-state index >= 15 is 0 Å². The van der Waals surface area contributed by atoms with Gasteiger partial charge in [-0.1, -0.05) is 0 Å². The maximum Gasteiger partial charge on any atom is 0.168 e. The van der Waals surface area contributed by atoms with Crippen LogP contribution in [0, 0.1) is 0 Å². The second-order valence-corrected chi connectivity index (χ2v) is 2.73. The van der Waals surface area contributed by atoms with Gasteiger partial charge < -0.3 is 5.32 Å². The summed E-state index contributed by atoms with van der Waals surface area (Å²) < 4.78 is 2.04. The average molecular weight is 151 g/mol. The SMILES string of the molecule is CNCCc1cc[n+](C)cc1. The predicted molar refractivity (Wildman–Crippen MR) is 45.2 cm³/mol. The van der Waals surface area contributed by atoms with E-state index < -0.39 is 0 Å². The summed E-state index contributed by atoms with van der Waals surface area (Å²) in [5, 5.41) is 3.12. The smallest absolute Gasteiger partial charge is 0.168 e. The van der Waals surface area contributed by atoms with Crippen LogP contribution in [0.2, 0.25) is 0 Å². The molecule has 11 heavy (non-hydrogen) atoms. The molecule has 60 valence electrons. The fourth-order valence-corrected chi connectivity index (χ4v) is 0.968. The summed E-state index contributed by atoms with van der Waals surface area (Å²) in [5.74, 6) is 0. The Hall–Kier alpha value is -0.890. The molecule has 1 N–H and O–H groups in total. The van der Waals surface area contributed by atoms with Crippen molar-refractivity contribution in [1.82, 2.24) is 5.32 Å². The third kappa shape index (κ3) is 2.68. The zero-order valence-corrected chi connectivity index (χ0v) is 7.17. The normalized spacial score (nSPS) is 10.0. The first-order valence-electron chi connectivity index (χ1n) is 3.91. The Morgan fingerprint density at radius 2 is 2.00 bits per heavy atom. The molecule has 0 saturated carbocycles. The summed E-state index contributed by atoms with van der Waals surface area (Å²) in [5.41, 5.74) is 1.39. The Labute approximate surface area is 67.9 Å². The highest BCUT2D eigenvalue weighted by molar-refractivity contribution is 5.07. The number of hydrogen-bond acceptors (Lipinski definition) is 1. The van der Waals surface area contributed by atoms with E-state index in [0.29, 0.717) is 0 Å². The molecule has 0 aliphatic heterocycles. The number of aromatic nitrogens is 1. The summed E-state index contributed by atoms with van der Waals surface area (Å²) in [6, 6.07) is 4.30. The molecule has 0 aliphatic rings. The van der Waals surface area contributed by atoms with Gasteiger partial charge in [-0.2, -0.15) is 0 Å². The van der Waals surface area contributed by atoms with Gasteiger partial charge >= 0.3 is 0 Å². The van der Waals surface area contributed by atoms with Crippen LogP contribution in [0.4, 0.5) is 0 Å². The Morgan fingerprint density at radius 3 is 2.55 bits per heavy atom. The molecule has 1 aromatic rings. The van der Waals surface area contributed by atoms with Gasteiger partial charge in [0.2, 0.25) is 0 Å². The summed E-state index contributed by atoms with van der Waals surface area (Å²) in [6.45, 7) is 1.05. The van der Waals surface area contributed by atoms with Crippen LogP contribution in [0.1, 0.15) is 5.56 Å². The van der Waals surface area contributed by atoms with Crippen LogP contribution in [-0.2, 0) is 13.5 Å². The van der Waals surface area contributed by atoms with Crippen molar-refractivity contribution < 1.29 is 4.57 Å². The van der Waals surface area contributed by atoms with Crippen molar-refractivity contribution in [2.24, 2.45) is 7.05 Å². The highest BCUT2D eigenvalue weighted by atomic mass is 14.9. The van der Waals surface area contributed by atoms with Crippen LogP contribution in [0.5, 0.6) is 0 Å². The molecule has 2 heteroatoms. The fourth-order valence-electron chi connectivity index (χ4n) is 0.968. The van der Waals surface area contributed by atoms with Crippen molar-refractivity contribution >= 4 is 0 Å². The topological polar surface area (TPSA) is 15.9 Å². The van der Waals surface area contributed by atoms with Crippen LogP contribution in [0.25, 0.3) is 0 Å². The number of aryl methyl sites for hydroxylation is 1. The van der Waals surface area contributed by atoms with E-state index in [9.17, 15) is 0 Å². The molecule has 0 saturated heterocycles. The second kappa shape index (κ2) is 4.09. The molecule has 0 spiro atoms. The van der Waals surface area contributed by atoms with Gasteiger partial charge in [0, 0.05) is 12.1 Å². The molecule has 1 heterocycles. The molecule has 2 nitrogen and oxygen atoms in total. The minimum atomic E-state index is 1.05. The number of likely N-dealkylation sites (N-methyl/N-ethyl adjacent to an activating group) is 1. The Morgan fingerprint density at radius 1 is 1.36 bits per heavy atom. The molecular formula is C9H15N2+. The van der Waals surface area contributed by atoms with Gasteiger partial charge in [-0.3, -0.25) is 0 Å². The number of pyridine rings is 1. The first-order valence-corrected chi connectivity index (χ1v) is 3.91. The quantitative estimate of drug-likeness (QED) is 0.613. The number of nitrogens with one attached hydrogen (secondary N) is 1. The summed E-state index contributed by atoms with van der Waals surface area (Å²) in [4.78, 5) is 0. The lowest BCUT2D eigenvalue weighted by Gasteiger charge is -1.97. The summed E-state index contributed by atoms with van der Waals surface area (Å²) >= 11 is 0. The van der Waals surface area contributed by atoms with Crippen LogP contribution < -0.4 is 9.88 Å². The van der Waals surface area contributed by atoms with Gasteiger partial charge in [0.1, 0.15) is 7.05 Å². The van der Waals surface area contributed by atoms with E-state index in [1.165, 1.54) is 5.56 Å². The monoisotopic (exact) mass is 151 g/mol. The largest absolute Gasteiger partial charge is 0.319 e. The van der Waals surface area contributed by atoms with E-state index in [1.54, 1.807) is 0 Å². The van der Waals surface area contributed by atoms with E-state index in [-0.39, 0.29) is 0 Å². The van der Waals surface area contributed by atoms with Crippen molar-refractivity contribution in [2.45, 2.75) is 6.42 Å². The van der Waals surface area contributed by atoms with E-state index in [2.05, 4.69) is 29.8 Å². The molecule has 0 amide bonds. The van der Waals surface area contributed by atoms with Crippen molar-refractivity contribution in [3.8, 4) is 0 Å². The van der Waals surface area contributed by atoms with E-state index in [1.807, 2.05) is 18.7 Å². The third-order valence-corrected chi connectivity index (χ3v) is 1.71. The molecule has 1 aromatic heterocycles. The molecule has 0 atom stereocenters. The van der Waals surface area contributed by atoms with Crippen LogP contribution in [0.15, 0.2) is 24.5 Å². The first-order chi connectivity index (χ1) is 5.33. The zero-order valence-electron chi connectivity index (χ0n) is 7.17. The minimum Gasteiger partial charge on any atom is -0.319 e. The highest BCUT2D eigenvalue weighted by Crippen LogP contribution is 1.94. The van der Waals surface area contributed by atoms with Crippen molar-refractivity contribution in [3.05, 3.63) is 30.1 Å². The Balaban J connectivity index is 2.52. The maximum atomic E-state index is 3.12. The second-order valence-electron chi connectivity index (χ2n) is 2.73. The Bertz CT molecular complexity index is 203. The van der Waals surface area contributed by atoms with Crippen LogP contribution >= 0.6 is 0 Å². The molecule has 0 fully saturated rings. The molecule has 0 radical (unpaired) electrons. The van der Waals surface area contributed by atoms with Gasteiger partial charge in [-0.05, 0) is 25.6 Å². The van der Waals surface area contributed by atoms with Gasteiger partial charge in [-0.15, -0.1) is 0 Å². The number of hydrogen-bond donors (Lipinski definition) is 1. The summed E-state index contributed by atoms with van der Waals surface area (Å²) in [7, 11) is 4.00. The average Bonchev–Trinajstić information content (AvgIpc) is 2.04. The van der Waals surface area contributed by atoms with E-state index in [4.69, 9.17) is 0 Å². The van der Waals surface area contributed by atoms with Crippen molar-refractivity contribution in [2.75, 3.05) is 13.6 Å². The molecule has 0 aromatic carbocycles. The number of nitrogens with zero attached hydrogens (tertiary/aromatic N) is 1. The standard InChI is InChI=1S/C9H15N2/c1-10-6-3-9-4-7-11(2)8-5-9/h4-5,7-8,10H,3,6H2,1-2H3/q+1. The van der Waals surface area contributed by atoms with Crippen molar-refractivity contribution in [1.29, 1.82) is 0 Å². The Kier molecular flexibility index (Phi) is 3.05. The van der Waals surface area contributed by atoms with Gasteiger partial charge in [0.15, 0.2) is 12.4 Å². The first kappa shape index (κ1) is 8.21. The molecular weight excluding hydrogens is 136 g/mol. The maximum absolute atomic E-state index is 3.12. The van der Waals surface area contributed by atoms with Gasteiger partial charge in [-0.25, -0.2) is 4.57 Å². The van der Waals surface area contributed by atoms with E-state index in [0.717, 1.165) is 13.0 Å². The zero-order chi connectivity index (χ0) is 8.10. The number of rotatable bonds is 3. The van der Waals surface area contributed by atoms with Crippen LogP contribution in [-0.4, -0.2) is 13.6 Å². The lowest BCUT2D eigenvalue weighted by Crippen LogP contribution is -2.26.